The molecule has 0 heterocycles. The Labute approximate surface area is 79.4 Å². The fraction of sp³-hybridized carbons (Fsp3) is 0.250. The number of nitrogens with two attached hydrogens (primary N) is 1. The van der Waals surface area contributed by atoms with Gasteiger partial charge >= 0.3 is 5.69 Å². The fourth-order valence-electron chi connectivity index (χ4n) is 1.11. The van der Waals surface area contributed by atoms with E-state index in [1.807, 2.05) is 0 Å². The van der Waals surface area contributed by atoms with E-state index in [0.717, 1.165) is 6.07 Å². The van der Waals surface area contributed by atoms with E-state index >= 15 is 0 Å². The molecule has 0 saturated heterocycles. The number of nitrogens with zero attached hydrogens (tertiary/aromatic N) is 1. The average molecular weight is 200 g/mol. The summed E-state index contributed by atoms with van der Waals surface area (Å²) in [5.74, 6) is -0.719. The molecule has 6 heteroatoms. The monoisotopic (exact) mass is 200 g/mol. The standard InChI is InChI=1S/C8H9FN2O3/c1-14-6-2-5(4-10)8(11(12)13)7(9)3-6/h2-3H,4,10H2,1H3. The second-order valence-electron chi connectivity index (χ2n) is 2.58. The first-order valence-corrected chi connectivity index (χ1v) is 3.81. The van der Waals surface area contributed by atoms with Crippen molar-refractivity contribution in [2.24, 2.45) is 5.73 Å². The number of benzene rings is 1. The van der Waals surface area contributed by atoms with Crippen LogP contribution in [0.5, 0.6) is 5.75 Å². The van der Waals surface area contributed by atoms with E-state index in [9.17, 15) is 14.5 Å². The van der Waals surface area contributed by atoms with Gasteiger partial charge in [0, 0.05) is 12.6 Å². The largest absolute Gasteiger partial charge is 0.497 e. The van der Waals surface area contributed by atoms with Crippen LogP contribution in [-0.2, 0) is 6.54 Å². The van der Waals surface area contributed by atoms with Crippen molar-refractivity contribution < 1.29 is 14.1 Å². The zero-order valence-corrected chi connectivity index (χ0v) is 7.49. The van der Waals surface area contributed by atoms with E-state index in [2.05, 4.69) is 0 Å². The molecule has 14 heavy (non-hydrogen) atoms. The summed E-state index contributed by atoms with van der Waals surface area (Å²) in [6, 6.07) is 2.30. The van der Waals surface area contributed by atoms with Crippen LogP contribution in [0.2, 0.25) is 0 Å². The van der Waals surface area contributed by atoms with Crippen LogP contribution < -0.4 is 10.5 Å². The molecule has 0 radical (unpaired) electrons. The Balaban J connectivity index is 3.34. The van der Waals surface area contributed by atoms with Crippen molar-refractivity contribution in [3.63, 3.8) is 0 Å². The molecule has 0 aliphatic rings. The molecule has 1 aromatic rings. The summed E-state index contributed by atoms with van der Waals surface area (Å²) >= 11 is 0. The van der Waals surface area contributed by atoms with Crippen molar-refractivity contribution in [2.45, 2.75) is 6.54 Å². The van der Waals surface area contributed by atoms with Crippen molar-refractivity contribution >= 4 is 5.69 Å². The molecule has 1 aromatic carbocycles. The van der Waals surface area contributed by atoms with Gasteiger partial charge in [-0.05, 0) is 6.07 Å². The van der Waals surface area contributed by atoms with E-state index in [1.54, 1.807) is 0 Å². The lowest BCUT2D eigenvalue weighted by Gasteiger charge is -2.04. The zero-order chi connectivity index (χ0) is 10.7. The highest BCUT2D eigenvalue weighted by atomic mass is 19.1. The SMILES string of the molecule is COc1cc(F)c([N+](=O)[O-])c(CN)c1. The van der Waals surface area contributed by atoms with Crippen LogP contribution in [0.25, 0.3) is 0 Å². The van der Waals surface area contributed by atoms with Crippen LogP contribution in [0, 0.1) is 15.9 Å². The maximum Gasteiger partial charge on any atom is 0.309 e. The fourth-order valence-corrected chi connectivity index (χ4v) is 1.11. The summed E-state index contributed by atoms with van der Waals surface area (Å²) in [4.78, 5) is 9.68. The molecule has 0 unspecified atom stereocenters. The van der Waals surface area contributed by atoms with Crippen molar-refractivity contribution in [1.29, 1.82) is 0 Å². The van der Waals surface area contributed by atoms with E-state index in [0.29, 0.717) is 0 Å². The minimum atomic E-state index is -0.935. The Morgan fingerprint density at radius 1 is 1.64 bits per heavy atom. The highest BCUT2D eigenvalue weighted by Crippen LogP contribution is 2.27. The first-order valence-electron chi connectivity index (χ1n) is 3.81. The molecular weight excluding hydrogens is 191 g/mol. The molecule has 0 aromatic heterocycles. The van der Waals surface area contributed by atoms with Gasteiger partial charge in [0.1, 0.15) is 5.75 Å². The molecule has 0 spiro atoms. The number of rotatable bonds is 3. The van der Waals surface area contributed by atoms with E-state index in [4.69, 9.17) is 10.5 Å². The van der Waals surface area contributed by atoms with Crippen LogP contribution in [-0.4, -0.2) is 12.0 Å². The normalized spacial score (nSPS) is 9.93. The first kappa shape index (κ1) is 10.4. The quantitative estimate of drug-likeness (QED) is 0.587. The molecule has 0 saturated carbocycles. The molecule has 2 N–H and O–H groups in total. The van der Waals surface area contributed by atoms with E-state index in [-0.39, 0.29) is 17.9 Å². The smallest absolute Gasteiger partial charge is 0.309 e. The Morgan fingerprint density at radius 3 is 2.71 bits per heavy atom. The number of hydrogen-bond donors (Lipinski definition) is 1. The van der Waals surface area contributed by atoms with Gasteiger partial charge in [-0.2, -0.15) is 4.39 Å². The van der Waals surface area contributed by atoms with Crippen molar-refractivity contribution in [1.82, 2.24) is 0 Å². The summed E-state index contributed by atoms with van der Waals surface area (Å²) in [5, 5.41) is 10.5. The molecule has 0 atom stereocenters. The Bertz CT molecular complexity index is 368. The van der Waals surface area contributed by atoms with Crippen molar-refractivity contribution in [2.75, 3.05) is 7.11 Å². The summed E-state index contributed by atoms with van der Waals surface area (Å²) in [7, 11) is 1.35. The van der Waals surface area contributed by atoms with Crippen LogP contribution >= 0.6 is 0 Å². The number of ether oxygens (including phenoxy) is 1. The molecule has 76 valence electrons. The number of halogens is 1. The van der Waals surface area contributed by atoms with E-state index < -0.39 is 16.4 Å². The molecule has 5 nitrogen and oxygen atoms in total. The summed E-state index contributed by atoms with van der Waals surface area (Å²) in [5.41, 5.74) is 4.78. The molecule has 0 bridgehead atoms. The van der Waals surface area contributed by atoms with Crippen LogP contribution in [0.4, 0.5) is 10.1 Å². The molecule has 0 aliphatic carbocycles. The Morgan fingerprint density at radius 2 is 2.29 bits per heavy atom. The maximum atomic E-state index is 13.2. The Hall–Kier alpha value is -1.69. The lowest BCUT2D eigenvalue weighted by molar-refractivity contribution is -0.388. The van der Waals surface area contributed by atoms with Gasteiger partial charge in [0.25, 0.3) is 0 Å². The van der Waals surface area contributed by atoms with Gasteiger partial charge in [0.05, 0.1) is 17.6 Å². The molecule has 0 aliphatic heterocycles. The summed E-state index contributed by atoms with van der Waals surface area (Å²) in [6.45, 7) is -0.107. The van der Waals surface area contributed by atoms with Gasteiger partial charge in [-0.1, -0.05) is 0 Å². The van der Waals surface area contributed by atoms with Crippen LogP contribution in [0.15, 0.2) is 12.1 Å². The van der Waals surface area contributed by atoms with E-state index in [1.165, 1.54) is 13.2 Å². The van der Waals surface area contributed by atoms with Gasteiger partial charge in [-0.3, -0.25) is 10.1 Å². The highest BCUT2D eigenvalue weighted by molar-refractivity contribution is 5.46. The third-order valence-electron chi connectivity index (χ3n) is 1.75. The highest BCUT2D eigenvalue weighted by Gasteiger charge is 2.20. The zero-order valence-electron chi connectivity index (χ0n) is 7.49. The molecule has 0 fully saturated rings. The number of methoxy groups -OCH3 is 1. The van der Waals surface area contributed by atoms with Crippen LogP contribution in [0.3, 0.4) is 0 Å². The van der Waals surface area contributed by atoms with Gasteiger partial charge < -0.3 is 10.5 Å². The Kier molecular flexibility index (Phi) is 2.98. The topological polar surface area (TPSA) is 78.4 Å². The third-order valence-corrected chi connectivity index (χ3v) is 1.75. The molecule has 0 amide bonds. The molecule has 1 rings (SSSR count). The lowest BCUT2D eigenvalue weighted by atomic mass is 10.1. The first-order chi connectivity index (χ1) is 6.60. The third kappa shape index (κ3) is 1.80. The minimum absolute atomic E-state index is 0.107. The maximum absolute atomic E-state index is 13.2. The number of nitro groups is 1. The summed E-state index contributed by atoms with van der Waals surface area (Å²) < 4.78 is 17.9. The second kappa shape index (κ2) is 4.01. The lowest BCUT2D eigenvalue weighted by Crippen LogP contribution is -2.04. The van der Waals surface area contributed by atoms with Gasteiger partial charge in [-0.25, -0.2) is 0 Å². The average Bonchev–Trinajstić information content (AvgIpc) is 2.15. The second-order valence-corrected chi connectivity index (χ2v) is 2.58. The van der Waals surface area contributed by atoms with Crippen molar-refractivity contribution in [3.8, 4) is 5.75 Å². The minimum Gasteiger partial charge on any atom is -0.497 e. The predicted octanol–water partition coefficient (Wildman–Crippen LogP) is 1.20. The van der Waals surface area contributed by atoms with Crippen LogP contribution in [0.1, 0.15) is 5.56 Å². The predicted molar refractivity (Wildman–Crippen MR) is 47.5 cm³/mol. The number of nitro benzene ring substituents is 1. The molecular formula is C8H9FN2O3. The van der Waals surface area contributed by atoms with Gasteiger partial charge in [0.15, 0.2) is 0 Å². The summed E-state index contributed by atoms with van der Waals surface area (Å²) in [6.07, 6.45) is 0. The van der Waals surface area contributed by atoms with Gasteiger partial charge in [-0.15, -0.1) is 0 Å². The van der Waals surface area contributed by atoms with Gasteiger partial charge in [0.2, 0.25) is 5.82 Å². The van der Waals surface area contributed by atoms with Crippen molar-refractivity contribution in [3.05, 3.63) is 33.6 Å². The number of hydrogen-bond acceptors (Lipinski definition) is 4.